The Morgan fingerprint density at radius 3 is 2.35 bits per heavy atom. The topological polar surface area (TPSA) is 37.4 Å². The molecule has 0 heterocycles. The molecule has 0 aliphatic heterocycles. The Labute approximate surface area is 105 Å². The molecule has 0 fully saturated rings. The second-order valence-electron chi connectivity index (χ2n) is 3.10. The number of halogens is 4. The van der Waals surface area contributed by atoms with Crippen molar-refractivity contribution in [3.63, 3.8) is 0 Å². The zero-order chi connectivity index (χ0) is 13.3. The van der Waals surface area contributed by atoms with Gasteiger partial charge in [-0.3, -0.25) is 4.31 Å². The van der Waals surface area contributed by atoms with Crippen LogP contribution in [0.15, 0.2) is 28.7 Å². The van der Waals surface area contributed by atoms with Gasteiger partial charge in [0.05, 0.1) is 5.69 Å². The Bertz CT molecular complexity index is 501. The number of hydrogen-bond acceptors (Lipinski definition) is 2. The fourth-order valence-electron chi connectivity index (χ4n) is 1.25. The lowest BCUT2D eigenvalue weighted by molar-refractivity contribution is -0.0438. The first kappa shape index (κ1) is 14.3. The van der Waals surface area contributed by atoms with Gasteiger partial charge in [0.2, 0.25) is 0 Å². The number of nitrogens with zero attached hydrogens (tertiary/aromatic N) is 1. The van der Waals surface area contributed by atoms with Crippen molar-refractivity contribution in [3.8, 4) is 0 Å². The summed E-state index contributed by atoms with van der Waals surface area (Å²) in [5.41, 5.74) is -5.33. The van der Waals surface area contributed by atoms with E-state index in [4.69, 9.17) is 0 Å². The Kier molecular flexibility index (Phi) is 4.08. The molecule has 0 radical (unpaired) electrons. The number of anilines is 1. The molecule has 3 nitrogen and oxygen atoms in total. The predicted octanol–water partition coefficient (Wildman–Crippen LogP) is 3.13. The first-order valence-corrected chi connectivity index (χ1v) is 6.78. The van der Waals surface area contributed by atoms with Crippen molar-refractivity contribution in [1.29, 1.82) is 0 Å². The maximum atomic E-state index is 12.4. The number of rotatable bonds is 3. The average Bonchev–Trinajstić information content (AvgIpc) is 2.16. The van der Waals surface area contributed by atoms with Crippen molar-refractivity contribution in [2.75, 3.05) is 10.8 Å². The van der Waals surface area contributed by atoms with Crippen LogP contribution < -0.4 is 4.31 Å². The highest BCUT2D eigenvalue weighted by Gasteiger charge is 2.49. The van der Waals surface area contributed by atoms with Gasteiger partial charge in [0.1, 0.15) is 0 Å². The summed E-state index contributed by atoms with van der Waals surface area (Å²) in [5, 5.41) is 0. The van der Waals surface area contributed by atoms with Crippen LogP contribution in [0.4, 0.5) is 18.9 Å². The molecule has 0 bridgehead atoms. The van der Waals surface area contributed by atoms with E-state index in [-0.39, 0.29) is 12.2 Å². The summed E-state index contributed by atoms with van der Waals surface area (Å²) < 4.78 is 60.6. The lowest BCUT2D eigenvalue weighted by Gasteiger charge is -2.23. The van der Waals surface area contributed by atoms with E-state index >= 15 is 0 Å². The Morgan fingerprint density at radius 2 is 1.94 bits per heavy atom. The van der Waals surface area contributed by atoms with E-state index in [1.54, 1.807) is 6.07 Å². The number of hydrogen-bond donors (Lipinski definition) is 0. The first-order chi connectivity index (χ1) is 7.70. The minimum absolute atomic E-state index is 0.0285. The molecule has 0 atom stereocenters. The highest BCUT2D eigenvalue weighted by molar-refractivity contribution is 9.10. The van der Waals surface area contributed by atoms with E-state index in [9.17, 15) is 21.6 Å². The lowest BCUT2D eigenvalue weighted by Crippen LogP contribution is -2.40. The van der Waals surface area contributed by atoms with Gasteiger partial charge in [-0.25, -0.2) is 0 Å². The van der Waals surface area contributed by atoms with Gasteiger partial charge in [-0.1, -0.05) is 22.0 Å². The van der Waals surface area contributed by atoms with E-state index in [0.717, 1.165) is 0 Å². The monoisotopic (exact) mass is 331 g/mol. The number of alkyl halides is 3. The van der Waals surface area contributed by atoms with Gasteiger partial charge in [-0.05, 0) is 25.1 Å². The fourth-order valence-corrected chi connectivity index (χ4v) is 2.62. The van der Waals surface area contributed by atoms with Gasteiger partial charge in [-0.2, -0.15) is 21.6 Å². The van der Waals surface area contributed by atoms with Crippen LogP contribution in [-0.4, -0.2) is 20.5 Å². The van der Waals surface area contributed by atoms with Crippen molar-refractivity contribution >= 4 is 31.6 Å². The normalized spacial score (nSPS) is 12.5. The summed E-state index contributed by atoms with van der Waals surface area (Å²) >= 11 is 3.07. The van der Waals surface area contributed by atoms with Gasteiger partial charge in [-0.15, -0.1) is 0 Å². The van der Waals surface area contributed by atoms with E-state index in [1.807, 2.05) is 0 Å². The Morgan fingerprint density at radius 1 is 1.35 bits per heavy atom. The van der Waals surface area contributed by atoms with E-state index in [0.29, 0.717) is 8.78 Å². The smallest absolute Gasteiger partial charge is 0.263 e. The summed E-state index contributed by atoms with van der Waals surface area (Å²) in [4.78, 5) is 0. The third-order valence-corrected chi connectivity index (χ3v) is 4.09. The first-order valence-electron chi connectivity index (χ1n) is 4.54. The second-order valence-corrected chi connectivity index (χ2v) is 5.86. The van der Waals surface area contributed by atoms with Crippen LogP contribution in [0.25, 0.3) is 0 Å². The average molecular weight is 332 g/mol. The summed E-state index contributed by atoms with van der Waals surface area (Å²) in [5.74, 6) is 0. The molecule has 0 spiro atoms. The molecule has 17 heavy (non-hydrogen) atoms. The Hall–Kier alpha value is -0.760. The molecular formula is C9H9BrF3NO2S. The summed E-state index contributed by atoms with van der Waals surface area (Å²) in [6, 6.07) is 5.68. The minimum Gasteiger partial charge on any atom is -0.263 e. The van der Waals surface area contributed by atoms with Crippen molar-refractivity contribution < 1.29 is 21.6 Å². The van der Waals surface area contributed by atoms with Crippen LogP contribution in [-0.2, 0) is 10.0 Å². The van der Waals surface area contributed by atoms with Crippen LogP contribution >= 0.6 is 15.9 Å². The van der Waals surface area contributed by atoms with E-state index < -0.39 is 15.5 Å². The van der Waals surface area contributed by atoms with Crippen molar-refractivity contribution in [2.24, 2.45) is 0 Å². The molecule has 0 amide bonds. The molecular weight excluding hydrogens is 323 g/mol. The highest BCUT2D eigenvalue weighted by atomic mass is 79.9. The van der Waals surface area contributed by atoms with E-state index in [2.05, 4.69) is 15.9 Å². The molecule has 1 aromatic rings. The summed E-state index contributed by atoms with van der Waals surface area (Å²) in [6.45, 7) is 1.04. The molecule has 0 saturated heterocycles. The second kappa shape index (κ2) is 4.85. The van der Waals surface area contributed by atoms with Crippen LogP contribution in [0.5, 0.6) is 0 Å². The predicted molar refractivity (Wildman–Crippen MR) is 62.1 cm³/mol. The number of sulfonamides is 1. The highest BCUT2D eigenvalue weighted by Crippen LogP contribution is 2.31. The third kappa shape index (κ3) is 2.92. The maximum Gasteiger partial charge on any atom is 0.516 e. The van der Waals surface area contributed by atoms with Crippen LogP contribution in [0.3, 0.4) is 0 Å². The standard InChI is InChI=1S/C9H9BrF3NO2S/c1-2-14(17(15,16)9(11,12)13)8-5-3-4-7(10)6-8/h3-6H,2H2,1H3. The molecule has 0 N–H and O–H groups in total. The molecule has 1 rings (SSSR count). The van der Waals surface area contributed by atoms with Gasteiger partial charge in [0.25, 0.3) is 0 Å². The largest absolute Gasteiger partial charge is 0.516 e. The van der Waals surface area contributed by atoms with E-state index in [1.165, 1.54) is 25.1 Å². The molecule has 0 aromatic heterocycles. The SMILES string of the molecule is CCN(c1cccc(Br)c1)S(=O)(=O)C(F)(F)F. The molecule has 0 saturated carbocycles. The lowest BCUT2D eigenvalue weighted by atomic mass is 10.3. The summed E-state index contributed by atoms with van der Waals surface area (Å²) in [7, 11) is -5.35. The molecule has 96 valence electrons. The van der Waals surface area contributed by atoms with Crippen molar-refractivity contribution in [2.45, 2.75) is 12.4 Å². The van der Waals surface area contributed by atoms with Gasteiger partial charge < -0.3 is 0 Å². The van der Waals surface area contributed by atoms with Crippen LogP contribution in [0.2, 0.25) is 0 Å². The minimum atomic E-state index is -5.35. The molecule has 0 aliphatic rings. The third-order valence-electron chi connectivity index (χ3n) is 1.97. The van der Waals surface area contributed by atoms with Crippen molar-refractivity contribution in [1.82, 2.24) is 0 Å². The molecule has 8 heteroatoms. The van der Waals surface area contributed by atoms with Gasteiger partial charge in [0, 0.05) is 11.0 Å². The molecule has 0 aliphatic carbocycles. The number of benzene rings is 1. The molecule has 1 aromatic carbocycles. The zero-order valence-corrected chi connectivity index (χ0v) is 11.1. The maximum absolute atomic E-state index is 12.4. The van der Waals surface area contributed by atoms with Gasteiger partial charge >= 0.3 is 15.5 Å². The fraction of sp³-hybridized carbons (Fsp3) is 0.333. The quantitative estimate of drug-likeness (QED) is 0.853. The zero-order valence-electron chi connectivity index (χ0n) is 8.70. The van der Waals surface area contributed by atoms with Gasteiger partial charge in [0.15, 0.2) is 0 Å². The van der Waals surface area contributed by atoms with Crippen molar-refractivity contribution in [3.05, 3.63) is 28.7 Å². The summed E-state index contributed by atoms with van der Waals surface area (Å²) in [6.07, 6.45) is 0. The van der Waals surface area contributed by atoms with Crippen LogP contribution in [0.1, 0.15) is 6.92 Å². The molecule has 0 unspecified atom stereocenters. The Balaban J connectivity index is 3.27. The van der Waals surface area contributed by atoms with Crippen LogP contribution in [0, 0.1) is 0 Å².